The van der Waals surface area contributed by atoms with E-state index in [1.165, 1.54) is 6.92 Å². The van der Waals surface area contributed by atoms with Crippen LogP contribution in [0.4, 0.5) is 0 Å². The van der Waals surface area contributed by atoms with Gasteiger partial charge in [-0.25, -0.2) is 0 Å². The van der Waals surface area contributed by atoms with Gasteiger partial charge in [-0.2, -0.15) is 0 Å². The Morgan fingerprint density at radius 2 is 1.64 bits per heavy atom. The van der Waals surface area contributed by atoms with Crippen LogP contribution in [0.5, 0.6) is 0 Å². The van der Waals surface area contributed by atoms with Crippen LogP contribution in [0.3, 0.4) is 0 Å². The number of carbonyl (C=O) groups excluding carboxylic acids is 2. The molecular weight excluding hydrogens is 160 g/mol. The fourth-order valence-corrected chi connectivity index (χ4v) is 1.72. The topological polar surface area (TPSA) is 34.1 Å². The summed E-state index contributed by atoms with van der Waals surface area (Å²) < 4.78 is 0. The number of ketones is 1. The number of Topliss-reactive ketones (excluding diaryl/α,β-unsaturated/α-hetero) is 1. The van der Waals surface area contributed by atoms with Crippen LogP contribution in [0.1, 0.15) is 27.7 Å². The summed E-state index contributed by atoms with van der Waals surface area (Å²) in [7, 11) is 0. The van der Waals surface area contributed by atoms with E-state index in [2.05, 4.69) is 12.6 Å². The minimum atomic E-state index is -0.578. The van der Waals surface area contributed by atoms with Crippen LogP contribution >= 0.6 is 12.6 Å². The van der Waals surface area contributed by atoms with Crippen LogP contribution in [-0.2, 0) is 9.59 Å². The number of carbonyl (C=O) groups is 2. The van der Waals surface area contributed by atoms with Crippen LogP contribution in [-0.4, -0.2) is 10.9 Å². The molecule has 0 spiro atoms. The monoisotopic (exact) mass is 174 g/mol. The van der Waals surface area contributed by atoms with Crippen molar-refractivity contribution in [3.63, 3.8) is 0 Å². The maximum Gasteiger partial charge on any atom is 0.196 e. The van der Waals surface area contributed by atoms with Gasteiger partial charge < -0.3 is 0 Å². The molecule has 1 atom stereocenters. The largest absolute Gasteiger partial charge is 0.299 e. The Balaban J connectivity index is 4.63. The van der Waals surface area contributed by atoms with Crippen molar-refractivity contribution in [2.75, 3.05) is 0 Å². The van der Waals surface area contributed by atoms with Crippen molar-refractivity contribution < 1.29 is 9.59 Å². The quantitative estimate of drug-likeness (QED) is 0.510. The fraction of sp³-hybridized carbons (Fsp3) is 0.750. The second-order valence-electron chi connectivity index (χ2n) is 3.75. The third-order valence-electron chi connectivity index (χ3n) is 1.52. The lowest BCUT2D eigenvalue weighted by molar-refractivity contribution is -0.130. The Morgan fingerprint density at radius 3 is 1.64 bits per heavy atom. The normalized spacial score (nSPS) is 14.3. The minimum absolute atomic E-state index is 0.113. The molecule has 0 aliphatic rings. The lowest BCUT2D eigenvalue weighted by atomic mass is 9.79. The summed E-state index contributed by atoms with van der Waals surface area (Å²) in [5.41, 5.74) is -0.315. The van der Waals surface area contributed by atoms with Crippen LogP contribution in [0.15, 0.2) is 0 Å². The molecule has 0 rings (SSSR count). The van der Waals surface area contributed by atoms with Crippen molar-refractivity contribution in [3.8, 4) is 0 Å². The molecule has 0 radical (unpaired) electrons. The second kappa shape index (κ2) is 3.39. The van der Waals surface area contributed by atoms with E-state index in [9.17, 15) is 9.59 Å². The highest BCUT2D eigenvalue weighted by Gasteiger charge is 2.32. The van der Waals surface area contributed by atoms with E-state index < -0.39 is 5.92 Å². The van der Waals surface area contributed by atoms with E-state index >= 15 is 0 Å². The van der Waals surface area contributed by atoms with Crippen molar-refractivity contribution in [3.05, 3.63) is 0 Å². The van der Waals surface area contributed by atoms with Gasteiger partial charge >= 0.3 is 0 Å². The molecule has 0 aliphatic heterocycles. The van der Waals surface area contributed by atoms with Gasteiger partial charge in [-0.3, -0.25) is 9.59 Å². The van der Waals surface area contributed by atoms with Crippen molar-refractivity contribution in [2.45, 2.75) is 27.7 Å². The van der Waals surface area contributed by atoms with E-state index in [4.69, 9.17) is 0 Å². The minimum Gasteiger partial charge on any atom is -0.299 e. The Kier molecular flexibility index (Phi) is 3.30. The molecule has 0 fully saturated rings. The van der Waals surface area contributed by atoms with Gasteiger partial charge in [0.2, 0.25) is 0 Å². The predicted octanol–water partition coefficient (Wildman–Crippen LogP) is 1.69. The molecule has 0 aliphatic carbocycles. The highest BCUT2D eigenvalue weighted by molar-refractivity contribution is 7.96. The van der Waals surface area contributed by atoms with Crippen LogP contribution in [0.2, 0.25) is 0 Å². The van der Waals surface area contributed by atoms with Gasteiger partial charge in [0.1, 0.15) is 5.78 Å². The Hall–Kier alpha value is -0.310. The highest BCUT2D eigenvalue weighted by atomic mass is 32.1. The molecule has 3 heteroatoms. The van der Waals surface area contributed by atoms with E-state index in [1.807, 2.05) is 20.8 Å². The second-order valence-corrected chi connectivity index (χ2v) is 4.19. The zero-order chi connectivity index (χ0) is 9.23. The van der Waals surface area contributed by atoms with Gasteiger partial charge in [0.05, 0.1) is 5.92 Å². The average Bonchev–Trinajstić information content (AvgIpc) is 1.54. The van der Waals surface area contributed by atoms with E-state index in [1.54, 1.807) is 0 Å². The van der Waals surface area contributed by atoms with E-state index in [-0.39, 0.29) is 16.3 Å². The first-order valence-electron chi connectivity index (χ1n) is 3.50. The smallest absolute Gasteiger partial charge is 0.196 e. The summed E-state index contributed by atoms with van der Waals surface area (Å²) in [6.07, 6.45) is 0. The zero-order valence-corrected chi connectivity index (χ0v) is 8.24. The van der Waals surface area contributed by atoms with Crippen LogP contribution in [0.25, 0.3) is 0 Å². The Labute approximate surface area is 72.8 Å². The highest BCUT2D eigenvalue weighted by Crippen LogP contribution is 2.28. The summed E-state index contributed by atoms with van der Waals surface area (Å²) in [6, 6.07) is 0. The lowest BCUT2D eigenvalue weighted by Crippen LogP contribution is -2.31. The van der Waals surface area contributed by atoms with Crippen molar-refractivity contribution in [1.29, 1.82) is 0 Å². The number of hydrogen-bond acceptors (Lipinski definition) is 2. The zero-order valence-electron chi connectivity index (χ0n) is 7.34. The van der Waals surface area contributed by atoms with Gasteiger partial charge in [-0.15, -0.1) is 12.6 Å². The first kappa shape index (κ1) is 10.7. The van der Waals surface area contributed by atoms with Gasteiger partial charge in [0, 0.05) is 0 Å². The summed E-state index contributed by atoms with van der Waals surface area (Å²) in [4.78, 5) is 21.8. The molecule has 64 valence electrons. The fourth-order valence-electron chi connectivity index (χ4n) is 1.15. The molecule has 11 heavy (non-hydrogen) atoms. The Bertz CT molecular complexity index is 165. The predicted molar refractivity (Wildman–Crippen MR) is 47.6 cm³/mol. The van der Waals surface area contributed by atoms with E-state index in [0.717, 1.165) is 0 Å². The van der Waals surface area contributed by atoms with Gasteiger partial charge in [-0.1, -0.05) is 20.8 Å². The van der Waals surface area contributed by atoms with Gasteiger partial charge in [-0.05, 0) is 12.3 Å². The van der Waals surface area contributed by atoms with Crippen molar-refractivity contribution in [1.82, 2.24) is 0 Å². The van der Waals surface area contributed by atoms with E-state index in [0.29, 0.717) is 0 Å². The van der Waals surface area contributed by atoms with Gasteiger partial charge in [0.15, 0.2) is 5.12 Å². The first-order valence-corrected chi connectivity index (χ1v) is 3.95. The Morgan fingerprint density at radius 1 is 1.27 bits per heavy atom. The standard InChI is InChI=1S/C8H14O2S/c1-5(9)6(7(10)11)8(2,3)4/h6H,1-4H3,(H,10,11). The SMILES string of the molecule is CC(=O)C(C(=O)S)C(C)(C)C. The molecule has 0 bridgehead atoms. The van der Waals surface area contributed by atoms with Crippen LogP contribution < -0.4 is 0 Å². The van der Waals surface area contributed by atoms with Crippen molar-refractivity contribution >= 4 is 23.5 Å². The van der Waals surface area contributed by atoms with Crippen LogP contribution in [0, 0.1) is 11.3 Å². The maximum atomic E-state index is 11.0. The molecule has 1 unspecified atom stereocenters. The van der Waals surface area contributed by atoms with Crippen molar-refractivity contribution in [2.24, 2.45) is 11.3 Å². The molecule has 0 aromatic heterocycles. The molecule has 0 N–H and O–H groups in total. The number of hydrogen-bond donors (Lipinski definition) is 1. The van der Waals surface area contributed by atoms with Gasteiger partial charge in [0.25, 0.3) is 0 Å². The summed E-state index contributed by atoms with van der Waals surface area (Å²) in [5.74, 6) is -0.691. The molecule has 2 nitrogen and oxygen atoms in total. The molecule has 0 aromatic carbocycles. The summed E-state index contributed by atoms with van der Waals surface area (Å²) in [5, 5.41) is -0.343. The molecule has 0 saturated heterocycles. The molecule has 0 heterocycles. The molecular formula is C8H14O2S. The molecule has 0 aromatic rings. The molecule has 0 saturated carbocycles. The molecule has 0 amide bonds. The lowest BCUT2D eigenvalue weighted by Gasteiger charge is -2.25. The number of thiol groups is 1. The third kappa shape index (κ3) is 3.06. The average molecular weight is 174 g/mol. The summed E-state index contributed by atoms with van der Waals surface area (Å²) in [6.45, 7) is 6.98. The first-order chi connectivity index (χ1) is 4.76. The summed E-state index contributed by atoms with van der Waals surface area (Å²) >= 11 is 3.67. The number of rotatable bonds is 2. The maximum absolute atomic E-state index is 11.0. The third-order valence-corrected chi connectivity index (χ3v) is 1.78.